The molecule has 0 saturated carbocycles. The van der Waals surface area contributed by atoms with Gasteiger partial charge in [-0.05, 0) is 43.5 Å². The Morgan fingerprint density at radius 3 is 2.86 bits per heavy atom. The van der Waals surface area contributed by atoms with E-state index < -0.39 is 0 Å². The maximum absolute atomic E-state index is 12.5. The topological polar surface area (TPSA) is 54.3 Å². The molecule has 2 fully saturated rings. The third-order valence-electron chi connectivity index (χ3n) is 4.98. The van der Waals surface area contributed by atoms with Gasteiger partial charge in [-0.15, -0.1) is 0 Å². The second kappa shape index (κ2) is 5.13. The summed E-state index contributed by atoms with van der Waals surface area (Å²) in [6, 6.07) is 9.05. The minimum absolute atomic E-state index is 0.0218. The van der Waals surface area contributed by atoms with Crippen molar-refractivity contribution in [3.05, 3.63) is 35.6 Å². The lowest BCUT2D eigenvalue weighted by Gasteiger charge is -2.21. The largest absolute Gasteiger partial charge is 0.461 e. The van der Waals surface area contributed by atoms with Gasteiger partial charge in [-0.3, -0.25) is 4.79 Å². The standard InChI is InChI=1S/C18H22N2O2/c1-10(2)17-8-12-7-11(3-6-16(12)22-17)18(21)20-15-9-13-4-5-14(15)19-13/h3,6-8,10,13-15,19H,4-5,9H2,1-2H3,(H,20,21)/t13-,14+,15-/m1/s1. The quantitative estimate of drug-likeness (QED) is 0.915. The minimum Gasteiger partial charge on any atom is -0.461 e. The Morgan fingerprint density at radius 2 is 2.18 bits per heavy atom. The van der Waals surface area contributed by atoms with Gasteiger partial charge < -0.3 is 15.1 Å². The van der Waals surface area contributed by atoms with Gasteiger partial charge in [0, 0.05) is 35.0 Å². The molecule has 0 aliphatic carbocycles. The summed E-state index contributed by atoms with van der Waals surface area (Å²) in [5.74, 6) is 1.34. The second-order valence-corrected chi connectivity index (χ2v) is 6.92. The number of nitrogens with one attached hydrogen (secondary N) is 2. The fourth-order valence-electron chi connectivity index (χ4n) is 3.73. The first-order valence-corrected chi connectivity index (χ1v) is 8.20. The molecular weight excluding hydrogens is 276 g/mol. The number of carbonyl (C=O) groups excluding carboxylic acids is 1. The van der Waals surface area contributed by atoms with E-state index in [1.165, 1.54) is 12.8 Å². The van der Waals surface area contributed by atoms with Crippen LogP contribution >= 0.6 is 0 Å². The first-order valence-electron chi connectivity index (χ1n) is 8.20. The van der Waals surface area contributed by atoms with Gasteiger partial charge in [0.1, 0.15) is 11.3 Å². The van der Waals surface area contributed by atoms with Crippen LogP contribution in [0.3, 0.4) is 0 Å². The van der Waals surface area contributed by atoms with Gasteiger partial charge >= 0.3 is 0 Å². The monoisotopic (exact) mass is 298 g/mol. The summed E-state index contributed by atoms with van der Waals surface area (Å²) in [6.45, 7) is 4.21. The first-order chi connectivity index (χ1) is 10.6. The van der Waals surface area contributed by atoms with E-state index in [1.807, 2.05) is 24.3 Å². The Hall–Kier alpha value is -1.81. The van der Waals surface area contributed by atoms with Crippen molar-refractivity contribution in [3.63, 3.8) is 0 Å². The fourth-order valence-corrected chi connectivity index (χ4v) is 3.73. The van der Waals surface area contributed by atoms with Crippen molar-refractivity contribution in [2.45, 2.75) is 57.2 Å². The number of hydrogen-bond donors (Lipinski definition) is 2. The first kappa shape index (κ1) is 13.8. The molecule has 2 N–H and O–H groups in total. The molecule has 2 aliphatic heterocycles. The molecule has 4 nitrogen and oxygen atoms in total. The van der Waals surface area contributed by atoms with E-state index in [-0.39, 0.29) is 11.9 Å². The van der Waals surface area contributed by atoms with E-state index in [1.54, 1.807) is 0 Å². The van der Waals surface area contributed by atoms with E-state index in [4.69, 9.17) is 4.42 Å². The Kier molecular flexibility index (Phi) is 3.22. The molecule has 22 heavy (non-hydrogen) atoms. The van der Waals surface area contributed by atoms with Gasteiger partial charge in [0.25, 0.3) is 5.91 Å². The van der Waals surface area contributed by atoms with Gasteiger partial charge in [0.05, 0.1) is 0 Å². The van der Waals surface area contributed by atoms with Crippen LogP contribution in [0.2, 0.25) is 0 Å². The molecule has 2 aliphatic rings. The number of benzene rings is 1. The van der Waals surface area contributed by atoms with Gasteiger partial charge in [0.15, 0.2) is 0 Å². The number of hydrogen-bond acceptors (Lipinski definition) is 3. The summed E-state index contributed by atoms with van der Waals surface area (Å²) in [5, 5.41) is 7.74. The molecule has 0 radical (unpaired) electrons. The van der Waals surface area contributed by atoms with Crippen LogP contribution in [0.1, 0.15) is 55.1 Å². The highest BCUT2D eigenvalue weighted by Gasteiger charge is 2.39. The van der Waals surface area contributed by atoms with Gasteiger partial charge in [-0.2, -0.15) is 0 Å². The molecule has 0 unspecified atom stereocenters. The lowest BCUT2D eigenvalue weighted by atomic mass is 9.95. The summed E-state index contributed by atoms with van der Waals surface area (Å²) in [4.78, 5) is 12.5. The molecule has 4 heteroatoms. The van der Waals surface area contributed by atoms with Crippen molar-refractivity contribution in [2.75, 3.05) is 0 Å². The molecule has 3 heterocycles. The molecule has 2 saturated heterocycles. The average Bonchev–Trinajstić information content (AvgIpc) is 3.20. The Balaban J connectivity index is 1.54. The Labute approximate surface area is 130 Å². The van der Waals surface area contributed by atoms with Crippen LogP contribution in [-0.2, 0) is 0 Å². The molecule has 1 aromatic heterocycles. The molecule has 0 spiro atoms. The van der Waals surface area contributed by atoms with Crippen LogP contribution in [0.15, 0.2) is 28.7 Å². The zero-order valence-corrected chi connectivity index (χ0v) is 13.1. The van der Waals surface area contributed by atoms with E-state index in [2.05, 4.69) is 24.5 Å². The lowest BCUT2D eigenvalue weighted by Crippen LogP contribution is -2.42. The van der Waals surface area contributed by atoms with Crippen molar-refractivity contribution >= 4 is 16.9 Å². The van der Waals surface area contributed by atoms with Crippen molar-refractivity contribution in [2.24, 2.45) is 0 Å². The van der Waals surface area contributed by atoms with Gasteiger partial charge in [-0.1, -0.05) is 13.8 Å². The Morgan fingerprint density at radius 1 is 1.32 bits per heavy atom. The van der Waals surface area contributed by atoms with Crippen molar-refractivity contribution < 1.29 is 9.21 Å². The van der Waals surface area contributed by atoms with E-state index in [0.29, 0.717) is 23.6 Å². The second-order valence-electron chi connectivity index (χ2n) is 6.92. The zero-order valence-electron chi connectivity index (χ0n) is 13.1. The maximum atomic E-state index is 12.5. The number of fused-ring (bicyclic) bond motifs is 3. The molecule has 4 rings (SSSR count). The summed E-state index contributed by atoms with van der Waals surface area (Å²) < 4.78 is 5.80. The van der Waals surface area contributed by atoms with E-state index >= 15 is 0 Å². The average molecular weight is 298 g/mol. The smallest absolute Gasteiger partial charge is 0.251 e. The molecular formula is C18H22N2O2. The number of rotatable bonds is 3. The summed E-state index contributed by atoms with van der Waals surface area (Å²) in [6.07, 6.45) is 3.48. The third-order valence-corrected chi connectivity index (χ3v) is 4.98. The predicted octanol–water partition coefficient (Wildman–Crippen LogP) is 3.18. The normalized spacial score (nSPS) is 27.0. The van der Waals surface area contributed by atoms with Crippen LogP contribution in [-0.4, -0.2) is 24.0 Å². The van der Waals surface area contributed by atoms with Gasteiger partial charge in [-0.25, -0.2) is 0 Å². The van der Waals surface area contributed by atoms with Crippen molar-refractivity contribution in [1.29, 1.82) is 0 Å². The van der Waals surface area contributed by atoms with Crippen molar-refractivity contribution in [1.82, 2.24) is 10.6 Å². The van der Waals surface area contributed by atoms with E-state index in [0.717, 1.165) is 23.2 Å². The van der Waals surface area contributed by atoms with Crippen LogP contribution in [0.25, 0.3) is 11.0 Å². The number of amides is 1. The SMILES string of the molecule is CC(C)c1cc2cc(C(=O)N[C@@H]3C[C@H]4CC[C@@H]3N4)ccc2o1. The number of carbonyl (C=O) groups is 1. The summed E-state index contributed by atoms with van der Waals surface area (Å²) >= 11 is 0. The Bertz CT molecular complexity index is 719. The minimum atomic E-state index is 0.0218. The van der Waals surface area contributed by atoms with Crippen LogP contribution in [0.5, 0.6) is 0 Å². The molecule has 2 aromatic rings. The molecule has 116 valence electrons. The molecule has 2 bridgehead atoms. The van der Waals surface area contributed by atoms with Gasteiger partial charge in [0.2, 0.25) is 0 Å². The fraction of sp³-hybridized carbons (Fsp3) is 0.500. The third kappa shape index (κ3) is 2.31. The van der Waals surface area contributed by atoms with Crippen LogP contribution in [0, 0.1) is 0 Å². The number of furan rings is 1. The molecule has 3 atom stereocenters. The lowest BCUT2D eigenvalue weighted by molar-refractivity contribution is 0.0931. The van der Waals surface area contributed by atoms with E-state index in [9.17, 15) is 4.79 Å². The summed E-state index contributed by atoms with van der Waals surface area (Å²) in [7, 11) is 0. The highest BCUT2D eigenvalue weighted by molar-refractivity contribution is 5.98. The van der Waals surface area contributed by atoms with Crippen LogP contribution in [0.4, 0.5) is 0 Å². The van der Waals surface area contributed by atoms with Crippen LogP contribution < -0.4 is 10.6 Å². The summed E-state index contributed by atoms with van der Waals surface area (Å²) in [5.41, 5.74) is 1.56. The molecule has 1 amide bonds. The highest BCUT2D eigenvalue weighted by atomic mass is 16.3. The van der Waals surface area contributed by atoms with Crippen molar-refractivity contribution in [3.8, 4) is 0 Å². The highest BCUT2D eigenvalue weighted by Crippen LogP contribution is 2.29. The molecule has 1 aromatic carbocycles. The predicted molar refractivity (Wildman–Crippen MR) is 86.1 cm³/mol. The zero-order chi connectivity index (χ0) is 15.3. The maximum Gasteiger partial charge on any atom is 0.251 e.